The minimum atomic E-state index is -2.83. The first-order valence-electron chi connectivity index (χ1n) is 5.80. The average Bonchev–Trinajstić information content (AvgIpc) is 2.33. The number of carbonyl (C=O) groups excluding carboxylic acids is 1. The van der Waals surface area contributed by atoms with Gasteiger partial charge in [0, 0.05) is 19.1 Å². The molecular formula is C12H17F2N3O2. The van der Waals surface area contributed by atoms with Crippen LogP contribution in [-0.2, 0) is 0 Å². The molecule has 0 heterocycles. The first-order chi connectivity index (χ1) is 8.99. The third-order valence-electron chi connectivity index (χ3n) is 2.46. The molecule has 0 aliphatic rings. The molecule has 2 amide bonds. The highest BCUT2D eigenvalue weighted by molar-refractivity contribution is 5.71. The number of benzene rings is 1. The molecule has 1 aromatic rings. The minimum Gasteiger partial charge on any atom is -0.435 e. The molecule has 1 unspecified atom stereocenters. The second kappa shape index (κ2) is 7.52. The van der Waals surface area contributed by atoms with E-state index in [1.54, 1.807) is 18.2 Å². The largest absolute Gasteiger partial charge is 0.435 e. The first kappa shape index (κ1) is 15.2. The molecule has 0 fully saturated rings. The number of halogens is 2. The maximum atomic E-state index is 12.1. The molecule has 1 rings (SSSR count). The molecule has 19 heavy (non-hydrogen) atoms. The SMILES string of the molecule is CC(NCCNC(N)=O)c1cccc(OC(F)F)c1. The van der Waals surface area contributed by atoms with Gasteiger partial charge in [-0.2, -0.15) is 8.78 Å². The van der Waals surface area contributed by atoms with Crippen molar-refractivity contribution < 1.29 is 18.3 Å². The molecule has 7 heteroatoms. The second-order valence-corrected chi connectivity index (χ2v) is 3.92. The Morgan fingerprint density at radius 2 is 2.16 bits per heavy atom. The van der Waals surface area contributed by atoms with Crippen molar-refractivity contribution in [2.24, 2.45) is 5.73 Å². The van der Waals surface area contributed by atoms with E-state index in [2.05, 4.69) is 15.4 Å². The van der Waals surface area contributed by atoms with Crippen LogP contribution >= 0.6 is 0 Å². The zero-order valence-corrected chi connectivity index (χ0v) is 10.5. The van der Waals surface area contributed by atoms with Gasteiger partial charge in [-0.05, 0) is 24.6 Å². The van der Waals surface area contributed by atoms with Gasteiger partial charge in [-0.3, -0.25) is 0 Å². The van der Waals surface area contributed by atoms with E-state index in [1.807, 2.05) is 6.92 Å². The highest BCUT2D eigenvalue weighted by Gasteiger charge is 2.08. The van der Waals surface area contributed by atoms with Crippen molar-refractivity contribution in [3.8, 4) is 5.75 Å². The number of carbonyl (C=O) groups is 1. The lowest BCUT2D eigenvalue weighted by atomic mass is 10.1. The van der Waals surface area contributed by atoms with Crippen LogP contribution in [0.25, 0.3) is 0 Å². The summed E-state index contributed by atoms with van der Waals surface area (Å²) in [4.78, 5) is 10.5. The molecule has 0 spiro atoms. The fourth-order valence-electron chi connectivity index (χ4n) is 1.55. The van der Waals surface area contributed by atoms with Gasteiger partial charge in [-0.15, -0.1) is 0 Å². The van der Waals surface area contributed by atoms with Crippen LogP contribution in [0.15, 0.2) is 24.3 Å². The molecule has 106 valence electrons. The Hall–Kier alpha value is -1.89. The van der Waals surface area contributed by atoms with Crippen molar-refractivity contribution in [2.75, 3.05) is 13.1 Å². The molecule has 0 bridgehead atoms. The van der Waals surface area contributed by atoms with E-state index < -0.39 is 12.6 Å². The van der Waals surface area contributed by atoms with Gasteiger partial charge in [0.25, 0.3) is 0 Å². The summed E-state index contributed by atoms with van der Waals surface area (Å²) < 4.78 is 28.5. The van der Waals surface area contributed by atoms with Crippen LogP contribution in [0, 0.1) is 0 Å². The quantitative estimate of drug-likeness (QED) is 0.660. The monoisotopic (exact) mass is 273 g/mol. The van der Waals surface area contributed by atoms with Gasteiger partial charge >= 0.3 is 12.6 Å². The van der Waals surface area contributed by atoms with Gasteiger partial charge in [0.05, 0.1) is 0 Å². The van der Waals surface area contributed by atoms with Crippen molar-refractivity contribution in [1.82, 2.24) is 10.6 Å². The number of nitrogens with two attached hydrogens (primary N) is 1. The topological polar surface area (TPSA) is 76.4 Å². The minimum absolute atomic E-state index is 0.0594. The fraction of sp³-hybridized carbons (Fsp3) is 0.417. The van der Waals surface area contributed by atoms with Crippen molar-refractivity contribution in [2.45, 2.75) is 19.6 Å². The maximum Gasteiger partial charge on any atom is 0.387 e. The highest BCUT2D eigenvalue weighted by atomic mass is 19.3. The summed E-state index contributed by atoms with van der Waals surface area (Å²) in [7, 11) is 0. The lowest BCUT2D eigenvalue weighted by molar-refractivity contribution is -0.0499. The number of urea groups is 1. The molecule has 1 aromatic carbocycles. The van der Waals surface area contributed by atoms with Crippen LogP contribution in [0.2, 0.25) is 0 Å². The van der Waals surface area contributed by atoms with E-state index in [0.717, 1.165) is 5.56 Å². The molecule has 0 aliphatic carbocycles. The summed E-state index contributed by atoms with van der Waals surface area (Å²) in [6, 6.07) is 5.82. The average molecular weight is 273 g/mol. The van der Waals surface area contributed by atoms with Crippen LogP contribution < -0.4 is 21.1 Å². The normalized spacial score (nSPS) is 12.2. The van der Waals surface area contributed by atoms with Crippen LogP contribution in [0.5, 0.6) is 5.75 Å². The Kier molecular flexibility index (Phi) is 6.01. The standard InChI is InChI=1S/C12H17F2N3O2/c1-8(16-5-6-17-12(15)18)9-3-2-4-10(7-9)19-11(13)14/h2-4,7-8,11,16H,5-6H2,1H3,(H3,15,17,18). The third kappa shape index (κ3) is 6.01. The van der Waals surface area contributed by atoms with Gasteiger partial charge in [0.15, 0.2) is 0 Å². The van der Waals surface area contributed by atoms with Crippen molar-refractivity contribution in [1.29, 1.82) is 0 Å². The van der Waals surface area contributed by atoms with Crippen LogP contribution in [-0.4, -0.2) is 25.7 Å². The molecule has 0 aromatic heterocycles. The Balaban J connectivity index is 2.47. The number of ether oxygens (including phenoxy) is 1. The predicted molar refractivity (Wildman–Crippen MR) is 67.1 cm³/mol. The number of primary amides is 1. The van der Waals surface area contributed by atoms with E-state index in [1.165, 1.54) is 6.07 Å². The Bertz CT molecular complexity index is 416. The van der Waals surface area contributed by atoms with E-state index in [9.17, 15) is 13.6 Å². The van der Waals surface area contributed by atoms with E-state index in [-0.39, 0.29) is 11.8 Å². The number of alkyl halides is 2. The number of hydrogen-bond acceptors (Lipinski definition) is 3. The molecule has 4 N–H and O–H groups in total. The third-order valence-corrected chi connectivity index (χ3v) is 2.46. The summed E-state index contributed by atoms with van der Waals surface area (Å²) in [5.74, 6) is 0.122. The predicted octanol–water partition coefficient (Wildman–Crippen LogP) is 1.61. The smallest absolute Gasteiger partial charge is 0.387 e. The van der Waals surface area contributed by atoms with E-state index in [4.69, 9.17) is 5.73 Å². The van der Waals surface area contributed by atoms with Crippen LogP contribution in [0.1, 0.15) is 18.5 Å². The fourth-order valence-corrected chi connectivity index (χ4v) is 1.55. The molecular weight excluding hydrogens is 256 g/mol. The lowest BCUT2D eigenvalue weighted by Crippen LogP contribution is -2.36. The van der Waals surface area contributed by atoms with Gasteiger partial charge < -0.3 is 21.1 Å². The number of amides is 2. The van der Waals surface area contributed by atoms with Gasteiger partial charge in [-0.1, -0.05) is 12.1 Å². The lowest BCUT2D eigenvalue weighted by Gasteiger charge is -2.15. The summed E-state index contributed by atoms with van der Waals surface area (Å²) >= 11 is 0. The molecule has 1 atom stereocenters. The van der Waals surface area contributed by atoms with Crippen molar-refractivity contribution >= 4 is 6.03 Å². The molecule has 0 aliphatic heterocycles. The van der Waals surface area contributed by atoms with Gasteiger partial charge in [0.1, 0.15) is 5.75 Å². The van der Waals surface area contributed by atoms with Crippen LogP contribution in [0.3, 0.4) is 0 Å². The van der Waals surface area contributed by atoms with Crippen molar-refractivity contribution in [3.63, 3.8) is 0 Å². The second-order valence-electron chi connectivity index (χ2n) is 3.92. The Morgan fingerprint density at radius 1 is 1.42 bits per heavy atom. The number of rotatable bonds is 7. The van der Waals surface area contributed by atoms with Gasteiger partial charge in [0.2, 0.25) is 0 Å². The van der Waals surface area contributed by atoms with Gasteiger partial charge in [-0.25, -0.2) is 4.79 Å². The Morgan fingerprint density at radius 3 is 2.79 bits per heavy atom. The summed E-state index contributed by atoms with van der Waals surface area (Å²) in [5, 5.41) is 5.56. The van der Waals surface area contributed by atoms with Crippen molar-refractivity contribution in [3.05, 3.63) is 29.8 Å². The van der Waals surface area contributed by atoms with E-state index in [0.29, 0.717) is 13.1 Å². The first-order valence-corrected chi connectivity index (χ1v) is 5.80. The summed E-state index contributed by atoms with van der Waals surface area (Å²) in [6.45, 7) is -0.0406. The van der Waals surface area contributed by atoms with E-state index >= 15 is 0 Å². The molecule has 0 saturated carbocycles. The zero-order chi connectivity index (χ0) is 14.3. The summed E-state index contributed by atoms with van der Waals surface area (Å²) in [5.41, 5.74) is 5.74. The highest BCUT2D eigenvalue weighted by Crippen LogP contribution is 2.20. The zero-order valence-electron chi connectivity index (χ0n) is 10.5. The number of hydrogen-bond donors (Lipinski definition) is 3. The molecule has 5 nitrogen and oxygen atoms in total. The summed E-state index contributed by atoms with van der Waals surface area (Å²) in [6.07, 6.45) is 0. The Labute approximate surface area is 110 Å². The maximum absolute atomic E-state index is 12.1. The van der Waals surface area contributed by atoms with Crippen LogP contribution in [0.4, 0.5) is 13.6 Å². The molecule has 0 saturated heterocycles. The molecule has 0 radical (unpaired) electrons. The number of nitrogens with one attached hydrogen (secondary N) is 2.